The molecule has 0 spiro atoms. The van der Waals surface area contributed by atoms with Crippen molar-refractivity contribution in [3.05, 3.63) is 0 Å². The molecule has 8 heteroatoms. The Labute approximate surface area is 130 Å². The highest BCUT2D eigenvalue weighted by atomic mass is 32.2. The second-order valence-corrected chi connectivity index (χ2v) is 8.28. The number of aromatic nitrogens is 1. The number of sulfone groups is 1. The summed E-state index contributed by atoms with van der Waals surface area (Å²) in [4.78, 5) is 2.16. The molecule has 0 aromatic carbocycles. The average molecular weight is 333 g/mol. The van der Waals surface area contributed by atoms with Gasteiger partial charge in [0.15, 0.2) is 15.7 Å². The van der Waals surface area contributed by atoms with Gasteiger partial charge in [0.25, 0.3) is 0 Å². The third-order valence-electron chi connectivity index (χ3n) is 3.57. The third kappa shape index (κ3) is 3.87. The molecule has 1 aromatic heterocycles. The molecule has 0 amide bonds. The Morgan fingerprint density at radius 3 is 2.90 bits per heavy atom. The van der Waals surface area contributed by atoms with E-state index in [1.54, 1.807) is 0 Å². The van der Waals surface area contributed by atoms with Crippen LogP contribution in [0.15, 0.2) is 4.90 Å². The van der Waals surface area contributed by atoms with E-state index in [2.05, 4.69) is 4.37 Å². The molecule has 1 aliphatic heterocycles. The van der Waals surface area contributed by atoms with Gasteiger partial charge >= 0.3 is 0 Å². The molecule has 120 valence electrons. The van der Waals surface area contributed by atoms with Crippen molar-refractivity contribution in [1.29, 1.82) is 0 Å². The van der Waals surface area contributed by atoms with Gasteiger partial charge in [-0.2, -0.15) is 4.37 Å². The highest BCUT2D eigenvalue weighted by Gasteiger charge is 2.28. The van der Waals surface area contributed by atoms with Crippen molar-refractivity contribution in [2.24, 2.45) is 5.92 Å². The molecule has 2 rings (SSSR count). The summed E-state index contributed by atoms with van der Waals surface area (Å²) in [6, 6.07) is 0. The van der Waals surface area contributed by atoms with E-state index in [1.807, 2.05) is 18.9 Å². The predicted molar refractivity (Wildman–Crippen MR) is 85.7 cm³/mol. The first kappa shape index (κ1) is 16.5. The lowest BCUT2D eigenvalue weighted by molar-refractivity contribution is 0.0576. The van der Waals surface area contributed by atoms with Crippen molar-refractivity contribution in [2.45, 2.75) is 31.1 Å². The molecule has 1 unspecified atom stereocenters. The van der Waals surface area contributed by atoms with Gasteiger partial charge in [0.1, 0.15) is 9.90 Å². The Morgan fingerprint density at radius 2 is 2.29 bits per heavy atom. The van der Waals surface area contributed by atoms with Gasteiger partial charge in [0, 0.05) is 20.2 Å². The van der Waals surface area contributed by atoms with E-state index in [0.717, 1.165) is 44.1 Å². The SMILES string of the molecule is CCCS(=O)(=O)c1c(N)nsc1N(C)CC1CCCOC1. The van der Waals surface area contributed by atoms with Crippen molar-refractivity contribution in [3.63, 3.8) is 0 Å². The molecule has 6 nitrogen and oxygen atoms in total. The summed E-state index contributed by atoms with van der Waals surface area (Å²) < 4.78 is 34.3. The molecule has 0 aliphatic carbocycles. The fraction of sp³-hybridized carbons (Fsp3) is 0.769. The fourth-order valence-electron chi connectivity index (χ4n) is 2.61. The molecular weight excluding hydrogens is 310 g/mol. The molecule has 0 radical (unpaired) electrons. The van der Waals surface area contributed by atoms with Crippen LogP contribution in [0, 0.1) is 5.92 Å². The van der Waals surface area contributed by atoms with Gasteiger partial charge < -0.3 is 15.4 Å². The second-order valence-electron chi connectivity index (χ2n) is 5.48. The first-order valence-corrected chi connectivity index (χ1v) is 9.65. The van der Waals surface area contributed by atoms with Crippen LogP contribution in [0.2, 0.25) is 0 Å². The molecule has 1 saturated heterocycles. The number of ether oxygens (including phenoxy) is 1. The number of hydrogen-bond donors (Lipinski definition) is 1. The number of nitrogen functional groups attached to an aromatic ring is 1. The largest absolute Gasteiger partial charge is 0.382 e. The van der Waals surface area contributed by atoms with Crippen molar-refractivity contribution < 1.29 is 13.2 Å². The molecule has 1 aromatic rings. The molecule has 2 N–H and O–H groups in total. The van der Waals surface area contributed by atoms with Crippen molar-refractivity contribution in [2.75, 3.05) is 43.2 Å². The van der Waals surface area contributed by atoms with E-state index in [9.17, 15) is 8.42 Å². The lowest BCUT2D eigenvalue weighted by Gasteiger charge is -2.27. The zero-order valence-electron chi connectivity index (χ0n) is 12.5. The van der Waals surface area contributed by atoms with Gasteiger partial charge in [-0.05, 0) is 36.7 Å². The molecule has 2 heterocycles. The smallest absolute Gasteiger partial charge is 0.185 e. The van der Waals surface area contributed by atoms with E-state index in [0.29, 0.717) is 17.3 Å². The summed E-state index contributed by atoms with van der Waals surface area (Å²) in [6.45, 7) is 4.16. The monoisotopic (exact) mass is 333 g/mol. The van der Waals surface area contributed by atoms with Crippen LogP contribution in [-0.2, 0) is 14.6 Å². The lowest BCUT2D eigenvalue weighted by Crippen LogP contribution is -2.31. The number of hydrogen-bond acceptors (Lipinski definition) is 7. The van der Waals surface area contributed by atoms with E-state index in [1.165, 1.54) is 0 Å². The van der Waals surface area contributed by atoms with Crippen molar-refractivity contribution in [1.82, 2.24) is 4.37 Å². The zero-order valence-corrected chi connectivity index (χ0v) is 14.2. The molecule has 0 bridgehead atoms. The zero-order chi connectivity index (χ0) is 15.5. The Kier molecular flexibility index (Phi) is 5.45. The average Bonchev–Trinajstić information content (AvgIpc) is 2.82. The number of rotatable bonds is 6. The minimum absolute atomic E-state index is 0.100. The van der Waals surface area contributed by atoms with Gasteiger partial charge in [-0.1, -0.05) is 6.92 Å². The van der Waals surface area contributed by atoms with Crippen LogP contribution in [0.5, 0.6) is 0 Å². The van der Waals surface area contributed by atoms with Crippen LogP contribution in [0.1, 0.15) is 26.2 Å². The van der Waals surface area contributed by atoms with E-state index in [-0.39, 0.29) is 16.5 Å². The normalized spacial score (nSPS) is 19.6. The summed E-state index contributed by atoms with van der Waals surface area (Å²) >= 11 is 1.16. The first-order chi connectivity index (χ1) is 9.95. The lowest BCUT2D eigenvalue weighted by atomic mass is 10.0. The molecule has 1 atom stereocenters. The van der Waals surface area contributed by atoms with Crippen LogP contribution in [0.3, 0.4) is 0 Å². The summed E-state index contributed by atoms with van der Waals surface area (Å²) in [5.41, 5.74) is 5.80. The maximum absolute atomic E-state index is 12.4. The summed E-state index contributed by atoms with van der Waals surface area (Å²) in [7, 11) is -1.47. The molecule has 1 fully saturated rings. The van der Waals surface area contributed by atoms with Crippen LogP contribution < -0.4 is 10.6 Å². The Bertz CT molecular complexity index is 565. The Balaban J connectivity index is 2.19. The van der Waals surface area contributed by atoms with Crippen LogP contribution in [-0.4, -0.2) is 45.4 Å². The maximum Gasteiger partial charge on any atom is 0.185 e. The summed E-state index contributed by atoms with van der Waals surface area (Å²) in [5.74, 6) is 0.646. The van der Waals surface area contributed by atoms with E-state index >= 15 is 0 Å². The number of nitrogens with two attached hydrogens (primary N) is 1. The molecule has 0 saturated carbocycles. The van der Waals surface area contributed by atoms with Crippen LogP contribution in [0.25, 0.3) is 0 Å². The highest BCUT2D eigenvalue weighted by Crippen LogP contribution is 2.35. The van der Waals surface area contributed by atoms with Gasteiger partial charge in [-0.25, -0.2) is 8.42 Å². The summed E-state index contributed by atoms with van der Waals surface area (Å²) in [6.07, 6.45) is 2.73. The van der Waals surface area contributed by atoms with Gasteiger partial charge in [0.2, 0.25) is 0 Å². The standard InChI is InChI=1S/C13H23N3O3S2/c1-3-7-21(17,18)11-12(14)15-20-13(11)16(2)8-10-5-4-6-19-9-10/h10H,3-9H2,1-2H3,(H2,14,15). The van der Waals surface area contributed by atoms with Crippen molar-refractivity contribution >= 4 is 32.2 Å². The number of anilines is 2. The third-order valence-corrected chi connectivity index (χ3v) is 6.65. The highest BCUT2D eigenvalue weighted by molar-refractivity contribution is 7.91. The van der Waals surface area contributed by atoms with E-state index < -0.39 is 9.84 Å². The van der Waals surface area contributed by atoms with Crippen LogP contribution >= 0.6 is 11.5 Å². The van der Waals surface area contributed by atoms with Gasteiger partial charge in [0.05, 0.1) is 12.4 Å². The van der Waals surface area contributed by atoms with Crippen molar-refractivity contribution in [3.8, 4) is 0 Å². The predicted octanol–water partition coefficient (Wildman–Crippen LogP) is 1.77. The maximum atomic E-state index is 12.4. The molecular formula is C13H23N3O3S2. The molecule has 1 aliphatic rings. The topological polar surface area (TPSA) is 85.5 Å². The Hall–Kier alpha value is -0.860. The van der Waals surface area contributed by atoms with Gasteiger partial charge in [-0.15, -0.1) is 0 Å². The number of nitrogens with zero attached hydrogens (tertiary/aromatic N) is 2. The quantitative estimate of drug-likeness (QED) is 0.854. The Morgan fingerprint density at radius 1 is 1.52 bits per heavy atom. The van der Waals surface area contributed by atoms with E-state index in [4.69, 9.17) is 10.5 Å². The minimum atomic E-state index is -3.36. The van der Waals surface area contributed by atoms with Crippen LogP contribution in [0.4, 0.5) is 10.8 Å². The fourth-order valence-corrected chi connectivity index (χ4v) is 5.37. The first-order valence-electron chi connectivity index (χ1n) is 7.22. The summed E-state index contributed by atoms with van der Waals surface area (Å²) in [5, 5.41) is 0.645. The molecule has 21 heavy (non-hydrogen) atoms. The van der Waals surface area contributed by atoms with Gasteiger partial charge in [-0.3, -0.25) is 0 Å². The minimum Gasteiger partial charge on any atom is -0.382 e. The second kappa shape index (κ2) is 6.93.